The van der Waals surface area contributed by atoms with Gasteiger partial charge in [0.25, 0.3) is 5.91 Å². The van der Waals surface area contributed by atoms with Crippen LogP contribution in [0.3, 0.4) is 0 Å². The second kappa shape index (κ2) is 8.71. The molecule has 2 aromatic heterocycles. The number of ether oxygens (including phenoxy) is 1. The average Bonchev–Trinajstić information content (AvgIpc) is 3.15. The monoisotopic (exact) mass is 467 g/mol. The average molecular weight is 468 g/mol. The molecular weight excluding hydrogens is 450 g/mol. The molecule has 0 saturated carbocycles. The number of benzene rings is 2. The molecule has 0 fully saturated rings. The van der Waals surface area contributed by atoms with E-state index >= 15 is 0 Å². The summed E-state index contributed by atoms with van der Waals surface area (Å²) in [4.78, 5) is 24.0. The number of fused-ring (bicyclic) bond motifs is 1. The van der Waals surface area contributed by atoms with Crippen molar-refractivity contribution in [2.75, 3.05) is 11.5 Å². The van der Waals surface area contributed by atoms with Gasteiger partial charge < -0.3 is 4.74 Å². The molecule has 1 amide bonds. The Bertz CT molecular complexity index is 1150. The summed E-state index contributed by atoms with van der Waals surface area (Å²) in [6.07, 6.45) is 3.48. The summed E-state index contributed by atoms with van der Waals surface area (Å²) in [5.41, 5.74) is 2.37. The van der Waals surface area contributed by atoms with Crippen molar-refractivity contribution in [1.29, 1.82) is 0 Å². The molecule has 0 aliphatic carbocycles. The fraction of sp³-hybridized carbons (Fsp3) is 0.136. The number of pyridine rings is 1. The number of hydrogen-bond donors (Lipinski definition) is 0. The van der Waals surface area contributed by atoms with Crippen molar-refractivity contribution in [3.05, 3.63) is 82.6 Å². The minimum Gasteiger partial charge on any atom is -0.494 e. The van der Waals surface area contributed by atoms with Crippen LogP contribution in [-0.2, 0) is 6.54 Å². The zero-order valence-corrected chi connectivity index (χ0v) is 18.1. The standard InChI is InChI=1S/C22H18BrN3O2S/c1-2-28-18-8-9-19-20(12-18)29-22(25-19)26(14-15-5-4-10-24-13-15)21(27)16-6-3-7-17(23)11-16/h3-13H,2,14H2,1H3. The highest BCUT2D eigenvalue weighted by Crippen LogP contribution is 2.33. The van der Waals surface area contributed by atoms with Crippen LogP contribution in [0.4, 0.5) is 5.13 Å². The minimum absolute atomic E-state index is 0.112. The van der Waals surface area contributed by atoms with E-state index in [0.717, 1.165) is 26.0 Å². The molecule has 0 saturated heterocycles. The van der Waals surface area contributed by atoms with Crippen LogP contribution in [0, 0.1) is 0 Å². The lowest BCUT2D eigenvalue weighted by Crippen LogP contribution is -2.30. The Labute approximate surface area is 181 Å². The van der Waals surface area contributed by atoms with Crippen LogP contribution in [0.15, 0.2) is 71.5 Å². The molecule has 0 N–H and O–H groups in total. The minimum atomic E-state index is -0.112. The van der Waals surface area contributed by atoms with Gasteiger partial charge in [0.1, 0.15) is 5.75 Å². The van der Waals surface area contributed by atoms with Crippen LogP contribution >= 0.6 is 27.3 Å². The van der Waals surface area contributed by atoms with Gasteiger partial charge >= 0.3 is 0 Å². The van der Waals surface area contributed by atoms with Gasteiger partial charge in [0, 0.05) is 22.4 Å². The second-order valence-corrected chi connectivity index (χ2v) is 8.25. The van der Waals surface area contributed by atoms with Gasteiger partial charge in [-0.25, -0.2) is 4.98 Å². The maximum atomic E-state index is 13.4. The summed E-state index contributed by atoms with van der Waals surface area (Å²) in [5, 5.41) is 0.641. The predicted octanol–water partition coefficient (Wildman–Crippen LogP) is 5.70. The van der Waals surface area contributed by atoms with Gasteiger partial charge in [-0.3, -0.25) is 14.7 Å². The maximum absolute atomic E-state index is 13.4. The third-order valence-electron chi connectivity index (χ3n) is 4.27. The molecule has 4 rings (SSSR count). The summed E-state index contributed by atoms with van der Waals surface area (Å²) >= 11 is 4.92. The lowest BCUT2D eigenvalue weighted by atomic mass is 10.2. The molecule has 146 valence electrons. The molecule has 4 aromatic rings. The number of hydrogen-bond acceptors (Lipinski definition) is 5. The van der Waals surface area contributed by atoms with Gasteiger partial charge in [-0.2, -0.15) is 0 Å². The van der Waals surface area contributed by atoms with Gasteiger partial charge in [-0.15, -0.1) is 0 Å². The highest BCUT2D eigenvalue weighted by atomic mass is 79.9. The van der Waals surface area contributed by atoms with E-state index < -0.39 is 0 Å². The second-order valence-electron chi connectivity index (χ2n) is 6.32. The first-order valence-corrected chi connectivity index (χ1v) is 10.7. The van der Waals surface area contributed by atoms with Gasteiger partial charge in [-0.1, -0.05) is 39.4 Å². The zero-order chi connectivity index (χ0) is 20.2. The smallest absolute Gasteiger partial charge is 0.260 e. The predicted molar refractivity (Wildman–Crippen MR) is 120 cm³/mol. The van der Waals surface area contributed by atoms with Crippen LogP contribution in [0.25, 0.3) is 10.2 Å². The van der Waals surface area contributed by atoms with E-state index in [1.54, 1.807) is 17.3 Å². The molecule has 0 radical (unpaired) electrons. The quantitative estimate of drug-likeness (QED) is 0.364. The molecular formula is C22H18BrN3O2S. The molecule has 2 heterocycles. The number of halogens is 1. The van der Waals surface area contributed by atoms with E-state index in [1.165, 1.54) is 11.3 Å². The Morgan fingerprint density at radius 1 is 1.17 bits per heavy atom. The summed E-state index contributed by atoms with van der Waals surface area (Å²) in [6, 6.07) is 17.0. The summed E-state index contributed by atoms with van der Waals surface area (Å²) in [7, 11) is 0. The number of nitrogens with zero attached hydrogens (tertiary/aromatic N) is 3. The van der Waals surface area contributed by atoms with Crippen LogP contribution < -0.4 is 9.64 Å². The van der Waals surface area contributed by atoms with Crippen molar-refractivity contribution in [2.45, 2.75) is 13.5 Å². The topological polar surface area (TPSA) is 55.3 Å². The van der Waals surface area contributed by atoms with Crippen molar-refractivity contribution >= 4 is 48.5 Å². The van der Waals surface area contributed by atoms with Crippen molar-refractivity contribution in [3.8, 4) is 5.75 Å². The van der Waals surface area contributed by atoms with E-state index in [2.05, 4.69) is 20.9 Å². The number of amides is 1. The lowest BCUT2D eigenvalue weighted by Gasteiger charge is -2.20. The van der Waals surface area contributed by atoms with Crippen LogP contribution in [-0.4, -0.2) is 22.5 Å². The Hall–Kier alpha value is -2.77. The third-order valence-corrected chi connectivity index (χ3v) is 5.81. The first kappa shape index (κ1) is 19.5. The van der Waals surface area contributed by atoms with Gasteiger partial charge in [0.15, 0.2) is 5.13 Å². The van der Waals surface area contributed by atoms with Crippen molar-refractivity contribution in [2.24, 2.45) is 0 Å². The SMILES string of the molecule is CCOc1ccc2nc(N(Cc3cccnc3)C(=O)c3cccc(Br)c3)sc2c1. The zero-order valence-electron chi connectivity index (χ0n) is 15.7. The molecule has 0 atom stereocenters. The molecule has 0 aliphatic rings. The Morgan fingerprint density at radius 3 is 2.83 bits per heavy atom. The molecule has 2 aromatic carbocycles. The molecule has 0 bridgehead atoms. The third kappa shape index (κ3) is 4.46. The lowest BCUT2D eigenvalue weighted by molar-refractivity contribution is 0.0985. The number of thiazole rings is 1. The first-order valence-electron chi connectivity index (χ1n) is 9.14. The van der Waals surface area contributed by atoms with E-state index in [-0.39, 0.29) is 5.91 Å². The number of anilines is 1. The largest absolute Gasteiger partial charge is 0.494 e. The normalized spacial score (nSPS) is 10.8. The fourth-order valence-corrected chi connectivity index (χ4v) is 4.33. The van der Waals surface area contributed by atoms with Crippen molar-refractivity contribution in [1.82, 2.24) is 9.97 Å². The molecule has 0 aliphatic heterocycles. The van der Waals surface area contributed by atoms with E-state index in [1.807, 2.05) is 61.5 Å². The van der Waals surface area contributed by atoms with E-state index in [4.69, 9.17) is 9.72 Å². The molecule has 0 unspecified atom stereocenters. The highest BCUT2D eigenvalue weighted by Gasteiger charge is 2.22. The van der Waals surface area contributed by atoms with E-state index in [0.29, 0.717) is 23.8 Å². The van der Waals surface area contributed by atoms with Crippen LogP contribution in [0.1, 0.15) is 22.8 Å². The van der Waals surface area contributed by atoms with Gasteiger partial charge in [0.05, 0.1) is 23.4 Å². The van der Waals surface area contributed by atoms with Crippen LogP contribution in [0.5, 0.6) is 5.75 Å². The number of rotatable bonds is 6. The Morgan fingerprint density at radius 2 is 2.07 bits per heavy atom. The summed E-state index contributed by atoms with van der Waals surface area (Å²) < 4.78 is 7.43. The Kier molecular flexibility index (Phi) is 5.87. The van der Waals surface area contributed by atoms with E-state index in [9.17, 15) is 4.79 Å². The van der Waals surface area contributed by atoms with Crippen molar-refractivity contribution in [3.63, 3.8) is 0 Å². The first-order chi connectivity index (χ1) is 14.1. The molecule has 29 heavy (non-hydrogen) atoms. The number of aromatic nitrogens is 2. The van der Waals surface area contributed by atoms with Gasteiger partial charge in [0.2, 0.25) is 0 Å². The Balaban J connectivity index is 1.75. The fourth-order valence-electron chi connectivity index (χ4n) is 2.94. The number of carbonyl (C=O) groups excluding carboxylic acids is 1. The highest BCUT2D eigenvalue weighted by molar-refractivity contribution is 9.10. The van der Waals surface area contributed by atoms with Crippen LogP contribution in [0.2, 0.25) is 0 Å². The number of carbonyl (C=O) groups is 1. The summed E-state index contributed by atoms with van der Waals surface area (Å²) in [5.74, 6) is 0.687. The molecule has 0 spiro atoms. The molecule has 5 nitrogen and oxygen atoms in total. The van der Waals surface area contributed by atoms with Gasteiger partial charge in [-0.05, 0) is 55.0 Å². The maximum Gasteiger partial charge on any atom is 0.260 e. The van der Waals surface area contributed by atoms with Crippen molar-refractivity contribution < 1.29 is 9.53 Å². The summed E-state index contributed by atoms with van der Waals surface area (Å²) in [6.45, 7) is 2.94. The molecule has 7 heteroatoms.